The van der Waals surface area contributed by atoms with Crippen LogP contribution in [0.2, 0.25) is 10.0 Å². The summed E-state index contributed by atoms with van der Waals surface area (Å²) in [6, 6.07) is 13.1. The molecule has 1 amide bonds. The summed E-state index contributed by atoms with van der Waals surface area (Å²) in [4.78, 5) is 22.8. The van der Waals surface area contributed by atoms with Gasteiger partial charge in [-0.3, -0.25) is 4.79 Å². The average molecular weight is 470 g/mol. The van der Waals surface area contributed by atoms with E-state index < -0.39 is 0 Å². The Labute approximate surface area is 196 Å². The van der Waals surface area contributed by atoms with Gasteiger partial charge in [-0.05, 0) is 42.5 Å². The molecule has 2 aromatic carbocycles. The Hall–Kier alpha value is -3.13. The zero-order valence-corrected chi connectivity index (χ0v) is 18.7. The second-order valence-electron chi connectivity index (χ2n) is 7.09. The van der Waals surface area contributed by atoms with Gasteiger partial charge in [-0.1, -0.05) is 35.8 Å². The molecule has 3 aromatic rings. The van der Waals surface area contributed by atoms with Crippen molar-refractivity contribution in [3.05, 3.63) is 71.4 Å². The molecule has 0 spiro atoms. The van der Waals surface area contributed by atoms with E-state index in [9.17, 15) is 4.79 Å². The monoisotopic (exact) mass is 469 g/mol. The molecule has 164 valence electrons. The van der Waals surface area contributed by atoms with Crippen LogP contribution >= 0.6 is 23.2 Å². The molecule has 0 bridgehead atoms. The first-order valence-corrected chi connectivity index (χ1v) is 10.7. The Morgan fingerprint density at radius 2 is 1.94 bits per heavy atom. The molecule has 0 aliphatic carbocycles. The van der Waals surface area contributed by atoms with Crippen LogP contribution in [-0.4, -0.2) is 42.2 Å². The van der Waals surface area contributed by atoms with Gasteiger partial charge in [0.05, 0.1) is 30.1 Å². The van der Waals surface area contributed by atoms with Crippen LogP contribution in [0.15, 0.2) is 61.3 Å². The molecule has 1 saturated heterocycles. The number of rotatable bonds is 6. The normalized spacial score (nSPS) is 13.5. The summed E-state index contributed by atoms with van der Waals surface area (Å²) in [5.41, 5.74) is 3.61. The molecule has 7 nitrogen and oxygen atoms in total. The van der Waals surface area contributed by atoms with Crippen LogP contribution in [0.25, 0.3) is 11.3 Å². The lowest BCUT2D eigenvalue weighted by Crippen LogP contribution is -2.36. The summed E-state index contributed by atoms with van der Waals surface area (Å²) in [5.74, 6) is 0.0506. The van der Waals surface area contributed by atoms with Gasteiger partial charge in [0, 0.05) is 40.7 Å². The number of hydrogen-bond acceptors (Lipinski definition) is 6. The third-order valence-electron chi connectivity index (χ3n) is 4.85. The number of carbonyl (C=O) groups excluding carboxylic acids is 1. The zero-order chi connectivity index (χ0) is 22.5. The maximum atomic E-state index is 11.7. The summed E-state index contributed by atoms with van der Waals surface area (Å²) in [7, 11) is 0. The molecule has 2 N–H and O–H groups in total. The van der Waals surface area contributed by atoms with Gasteiger partial charge in [0.15, 0.2) is 0 Å². The topological polar surface area (TPSA) is 79.4 Å². The highest BCUT2D eigenvalue weighted by Gasteiger charge is 2.14. The number of aromatic nitrogens is 2. The molecule has 4 rings (SSSR count). The third-order valence-corrected chi connectivity index (χ3v) is 5.34. The minimum Gasteiger partial charge on any atom is -0.378 e. The fourth-order valence-corrected chi connectivity index (χ4v) is 3.79. The van der Waals surface area contributed by atoms with Crippen molar-refractivity contribution in [1.82, 2.24) is 9.97 Å². The smallest absolute Gasteiger partial charge is 0.247 e. The Morgan fingerprint density at radius 1 is 1.12 bits per heavy atom. The minimum atomic E-state index is -0.338. The van der Waals surface area contributed by atoms with Gasteiger partial charge < -0.3 is 20.3 Å². The van der Waals surface area contributed by atoms with Crippen LogP contribution in [-0.2, 0) is 9.53 Å². The second-order valence-corrected chi connectivity index (χ2v) is 7.93. The minimum absolute atomic E-state index is 0.338. The first-order chi connectivity index (χ1) is 15.5. The fraction of sp³-hybridized carbons (Fsp3) is 0.174. The van der Waals surface area contributed by atoms with Crippen LogP contribution in [0, 0.1) is 0 Å². The predicted octanol–water partition coefficient (Wildman–Crippen LogP) is 5.16. The van der Waals surface area contributed by atoms with Gasteiger partial charge >= 0.3 is 0 Å². The Balaban J connectivity index is 1.60. The van der Waals surface area contributed by atoms with Gasteiger partial charge in [-0.15, -0.1) is 0 Å². The third kappa shape index (κ3) is 5.37. The van der Waals surface area contributed by atoms with Gasteiger partial charge in [-0.25, -0.2) is 9.97 Å². The quantitative estimate of drug-likeness (QED) is 0.485. The number of morpholine rings is 1. The van der Waals surface area contributed by atoms with E-state index in [4.69, 9.17) is 27.9 Å². The number of amides is 1. The number of nitrogens with zero attached hydrogens (tertiary/aromatic N) is 3. The number of benzene rings is 2. The molecule has 0 atom stereocenters. The number of halogens is 2. The van der Waals surface area contributed by atoms with Crippen LogP contribution in [0.5, 0.6) is 0 Å². The van der Waals surface area contributed by atoms with E-state index in [0.717, 1.165) is 37.7 Å². The van der Waals surface area contributed by atoms with Crippen LogP contribution < -0.4 is 15.5 Å². The molecular formula is C23H21Cl2N5O2. The van der Waals surface area contributed by atoms with E-state index in [1.165, 1.54) is 12.3 Å². The maximum absolute atomic E-state index is 11.7. The lowest BCUT2D eigenvalue weighted by molar-refractivity contribution is -0.111. The molecule has 1 aliphatic heterocycles. The van der Waals surface area contributed by atoms with E-state index in [0.29, 0.717) is 32.9 Å². The summed E-state index contributed by atoms with van der Waals surface area (Å²) >= 11 is 12.6. The SMILES string of the molecule is C=CC(=O)Nc1cc(Cl)cc(-c2nc(Nc3cccc(N4CCOCC4)c3)ncc2Cl)c1. The number of carbonyl (C=O) groups is 1. The highest BCUT2D eigenvalue weighted by molar-refractivity contribution is 6.33. The van der Waals surface area contributed by atoms with Crippen molar-refractivity contribution in [1.29, 1.82) is 0 Å². The van der Waals surface area contributed by atoms with Gasteiger partial charge in [0.1, 0.15) is 0 Å². The van der Waals surface area contributed by atoms with Crippen molar-refractivity contribution in [3.8, 4) is 11.3 Å². The maximum Gasteiger partial charge on any atom is 0.247 e. The first-order valence-electron chi connectivity index (χ1n) is 9.98. The number of hydrogen-bond donors (Lipinski definition) is 2. The van der Waals surface area contributed by atoms with Crippen molar-refractivity contribution in [3.63, 3.8) is 0 Å². The summed E-state index contributed by atoms with van der Waals surface area (Å²) in [6.45, 7) is 6.60. The van der Waals surface area contributed by atoms with E-state index in [-0.39, 0.29) is 5.91 Å². The Bertz CT molecular complexity index is 1150. The molecule has 0 radical (unpaired) electrons. The molecule has 2 heterocycles. The number of nitrogens with one attached hydrogen (secondary N) is 2. The van der Waals surface area contributed by atoms with E-state index in [1.807, 2.05) is 18.2 Å². The highest BCUT2D eigenvalue weighted by atomic mass is 35.5. The summed E-state index contributed by atoms with van der Waals surface area (Å²) in [6.07, 6.45) is 2.71. The average Bonchev–Trinajstić information content (AvgIpc) is 2.80. The summed E-state index contributed by atoms with van der Waals surface area (Å²) in [5, 5.41) is 6.73. The van der Waals surface area contributed by atoms with E-state index in [1.54, 1.807) is 18.2 Å². The van der Waals surface area contributed by atoms with Gasteiger partial charge in [-0.2, -0.15) is 0 Å². The molecule has 32 heavy (non-hydrogen) atoms. The highest BCUT2D eigenvalue weighted by Crippen LogP contribution is 2.32. The van der Waals surface area contributed by atoms with Crippen molar-refractivity contribution in [2.24, 2.45) is 0 Å². The molecule has 0 unspecified atom stereocenters. The van der Waals surface area contributed by atoms with E-state index >= 15 is 0 Å². The zero-order valence-electron chi connectivity index (χ0n) is 17.1. The second kappa shape index (κ2) is 9.99. The molecule has 1 fully saturated rings. The number of ether oxygens (including phenoxy) is 1. The number of anilines is 4. The van der Waals surface area contributed by atoms with Crippen molar-refractivity contribution < 1.29 is 9.53 Å². The fourth-order valence-electron chi connectivity index (χ4n) is 3.35. The van der Waals surface area contributed by atoms with Crippen LogP contribution in [0.4, 0.5) is 23.0 Å². The molecular weight excluding hydrogens is 449 g/mol. The predicted molar refractivity (Wildman–Crippen MR) is 129 cm³/mol. The molecule has 1 aliphatic rings. The van der Waals surface area contributed by atoms with Gasteiger partial charge in [0.2, 0.25) is 11.9 Å². The van der Waals surface area contributed by atoms with Crippen LogP contribution in [0.1, 0.15) is 0 Å². The van der Waals surface area contributed by atoms with Gasteiger partial charge in [0.25, 0.3) is 0 Å². The first kappa shape index (κ1) is 22.1. The van der Waals surface area contributed by atoms with Crippen molar-refractivity contribution >= 4 is 52.1 Å². The Morgan fingerprint density at radius 3 is 2.72 bits per heavy atom. The summed E-state index contributed by atoms with van der Waals surface area (Å²) < 4.78 is 5.43. The largest absolute Gasteiger partial charge is 0.378 e. The molecule has 1 aromatic heterocycles. The standard InChI is InChI=1S/C23H21Cl2N5O2/c1-2-21(31)27-18-11-15(10-16(24)12-18)22-20(25)14-26-23(29-22)28-17-4-3-5-19(13-17)30-6-8-32-9-7-30/h2-5,10-14H,1,6-9H2,(H,27,31)(H,26,28,29). The van der Waals surface area contributed by atoms with Crippen molar-refractivity contribution in [2.45, 2.75) is 0 Å². The van der Waals surface area contributed by atoms with E-state index in [2.05, 4.69) is 38.1 Å². The lowest BCUT2D eigenvalue weighted by atomic mass is 10.1. The lowest BCUT2D eigenvalue weighted by Gasteiger charge is -2.29. The molecule has 0 saturated carbocycles. The van der Waals surface area contributed by atoms with Crippen molar-refractivity contribution in [2.75, 3.05) is 41.8 Å². The van der Waals surface area contributed by atoms with Crippen LogP contribution in [0.3, 0.4) is 0 Å². The Kier molecular flexibility index (Phi) is 6.90. The molecule has 9 heteroatoms.